The summed E-state index contributed by atoms with van der Waals surface area (Å²) in [7, 11) is 0. The van der Waals surface area contributed by atoms with E-state index < -0.39 is 0 Å². The van der Waals surface area contributed by atoms with E-state index in [1.54, 1.807) is 19.1 Å². The van der Waals surface area contributed by atoms with Gasteiger partial charge in [-0.15, -0.1) is 0 Å². The smallest absolute Gasteiger partial charge is 0.320 e. The molecule has 1 aliphatic carbocycles. The number of hydrogen-bond acceptors (Lipinski definition) is 4. The van der Waals surface area contributed by atoms with Crippen LogP contribution in [0.1, 0.15) is 38.3 Å². The molecule has 0 radical (unpaired) electrons. The Morgan fingerprint density at radius 2 is 1.96 bits per heavy atom. The van der Waals surface area contributed by atoms with Crippen molar-refractivity contribution in [3.63, 3.8) is 0 Å². The molecule has 1 aliphatic rings. The maximum Gasteiger partial charge on any atom is 0.320 e. The largest absolute Gasteiger partial charge is 0.465 e. The van der Waals surface area contributed by atoms with Crippen LogP contribution in [0.15, 0.2) is 24.3 Å². The molecule has 0 heterocycles. The van der Waals surface area contributed by atoms with Crippen LogP contribution in [0, 0.1) is 5.82 Å². The van der Waals surface area contributed by atoms with Crippen LogP contribution in [0.25, 0.3) is 0 Å². The van der Waals surface area contributed by atoms with Crippen LogP contribution in [0.2, 0.25) is 0 Å². The van der Waals surface area contributed by atoms with Crippen molar-refractivity contribution in [2.75, 3.05) is 19.7 Å². The fourth-order valence-corrected chi connectivity index (χ4v) is 2.43. The van der Waals surface area contributed by atoms with E-state index in [1.165, 1.54) is 12.1 Å². The average molecular weight is 322 g/mol. The number of esters is 1. The third-order valence-electron chi connectivity index (χ3n) is 3.79. The van der Waals surface area contributed by atoms with Crippen LogP contribution in [-0.4, -0.2) is 42.5 Å². The minimum absolute atomic E-state index is 0.136. The van der Waals surface area contributed by atoms with Gasteiger partial charge in [-0.1, -0.05) is 12.1 Å². The van der Waals surface area contributed by atoms with Crippen molar-refractivity contribution in [3.8, 4) is 0 Å². The summed E-state index contributed by atoms with van der Waals surface area (Å²) in [6, 6.07) is 6.11. The summed E-state index contributed by atoms with van der Waals surface area (Å²) >= 11 is 0. The van der Waals surface area contributed by atoms with Gasteiger partial charge in [0.2, 0.25) is 5.91 Å². The Balaban J connectivity index is 1.86. The van der Waals surface area contributed by atoms with Gasteiger partial charge in [0.25, 0.3) is 0 Å². The maximum atomic E-state index is 12.9. The van der Waals surface area contributed by atoms with Gasteiger partial charge in [0.15, 0.2) is 0 Å². The highest BCUT2D eigenvalue weighted by atomic mass is 19.1. The predicted octanol–water partition coefficient (Wildman–Crippen LogP) is 2.03. The number of carbonyl (C=O) groups excluding carboxylic acids is 2. The number of nitrogens with zero attached hydrogens (tertiary/aromatic N) is 1. The molecule has 1 unspecified atom stereocenters. The van der Waals surface area contributed by atoms with E-state index in [-0.39, 0.29) is 42.9 Å². The summed E-state index contributed by atoms with van der Waals surface area (Å²) in [6.07, 6.45) is 2.00. The number of ether oxygens (including phenoxy) is 1. The van der Waals surface area contributed by atoms with E-state index in [0.29, 0.717) is 6.61 Å². The Bertz CT molecular complexity index is 543. The standard InChI is InChI=1S/C17H23FN2O3/c1-3-23-17(22)11-20(15-8-9-15)10-16(21)19-12(2)13-4-6-14(18)7-5-13/h4-7,12,15H,3,8-11H2,1-2H3,(H,19,21). The fourth-order valence-electron chi connectivity index (χ4n) is 2.43. The van der Waals surface area contributed by atoms with E-state index in [0.717, 1.165) is 18.4 Å². The second kappa shape index (κ2) is 8.06. The minimum Gasteiger partial charge on any atom is -0.465 e. The van der Waals surface area contributed by atoms with E-state index >= 15 is 0 Å². The van der Waals surface area contributed by atoms with Gasteiger partial charge in [-0.2, -0.15) is 0 Å². The first kappa shape index (κ1) is 17.4. The van der Waals surface area contributed by atoms with Gasteiger partial charge in [-0.25, -0.2) is 4.39 Å². The molecule has 0 saturated heterocycles. The monoisotopic (exact) mass is 322 g/mol. The van der Waals surface area contributed by atoms with Crippen molar-refractivity contribution in [2.24, 2.45) is 0 Å². The van der Waals surface area contributed by atoms with Crippen molar-refractivity contribution in [3.05, 3.63) is 35.6 Å². The van der Waals surface area contributed by atoms with Crippen molar-refractivity contribution in [2.45, 2.75) is 38.8 Å². The molecule has 5 nitrogen and oxygen atoms in total. The lowest BCUT2D eigenvalue weighted by Crippen LogP contribution is -2.42. The molecule has 1 N–H and O–H groups in total. The lowest BCUT2D eigenvalue weighted by molar-refractivity contribution is -0.144. The van der Waals surface area contributed by atoms with Gasteiger partial charge in [-0.3, -0.25) is 14.5 Å². The molecule has 0 bridgehead atoms. The molecule has 6 heteroatoms. The highest BCUT2D eigenvalue weighted by Gasteiger charge is 2.32. The van der Waals surface area contributed by atoms with Crippen molar-refractivity contribution in [1.82, 2.24) is 10.2 Å². The second-order valence-electron chi connectivity index (χ2n) is 5.78. The van der Waals surface area contributed by atoms with Crippen molar-refractivity contribution < 1.29 is 18.7 Å². The zero-order chi connectivity index (χ0) is 16.8. The SMILES string of the molecule is CCOC(=O)CN(CC(=O)NC(C)c1ccc(F)cc1)C1CC1. The van der Waals surface area contributed by atoms with Gasteiger partial charge in [-0.05, 0) is 44.4 Å². The molecule has 1 aromatic carbocycles. The Labute approximate surface area is 135 Å². The second-order valence-corrected chi connectivity index (χ2v) is 5.78. The summed E-state index contributed by atoms with van der Waals surface area (Å²) in [5.74, 6) is -0.765. The summed E-state index contributed by atoms with van der Waals surface area (Å²) in [5.41, 5.74) is 0.836. The molecule has 0 spiro atoms. The molecule has 23 heavy (non-hydrogen) atoms. The van der Waals surface area contributed by atoms with Crippen LogP contribution >= 0.6 is 0 Å². The normalized spacial score (nSPS) is 15.3. The molecular weight excluding hydrogens is 299 g/mol. The van der Waals surface area contributed by atoms with Gasteiger partial charge in [0.05, 0.1) is 25.7 Å². The van der Waals surface area contributed by atoms with Crippen LogP contribution in [0.4, 0.5) is 4.39 Å². The average Bonchev–Trinajstić information content (AvgIpc) is 3.32. The number of hydrogen-bond donors (Lipinski definition) is 1. The number of benzene rings is 1. The maximum absolute atomic E-state index is 12.9. The summed E-state index contributed by atoms with van der Waals surface area (Å²) in [6.45, 7) is 4.24. The molecule has 1 atom stereocenters. The molecule has 126 valence electrons. The first-order valence-corrected chi connectivity index (χ1v) is 7.94. The van der Waals surface area contributed by atoms with Crippen molar-refractivity contribution >= 4 is 11.9 Å². The number of amides is 1. The third-order valence-corrected chi connectivity index (χ3v) is 3.79. The molecule has 1 fully saturated rings. The number of halogens is 1. The molecule has 0 aliphatic heterocycles. The quantitative estimate of drug-likeness (QED) is 0.744. The molecule has 0 aromatic heterocycles. The number of carbonyl (C=O) groups is 2. The zero-order valence-electron chi connectivity index (χ0n) is 13.5. The van der Waals surface area contributed by atoms with E-state index in [1.807, 2.05) is 11.8 Å². The molecule has 1 saturated carbocycles. The molecular formula is C17H23FN2O3. The minimum atomic E-state index is -0.307. The van der Waals surface area contributed by atoms with Gasteiger partial charge in [0.1, 0.15) is 5.82 Å². The van der Waals surface area contributed by atoms with Gasteiger partial charge >= 0.3 is 5.97 Å². The highest BCUT2D eigenvalue weighted by molar-refractivity contribution is 5.79. The first-order valence-electron chi connectivity index (χ1n) is 7.94. The first-order chi connectivity index (χ1) is 11.0. The van der Waals surface area contributed by atoms with E-state index in [4.69, 9.17) is 4.74 Å². The topological polar surface area (TPSA) is 58.6 Å². The lowest BCUT2D eigenvalue weighted by atomic mass is 10.1. The fraction of sp³-hybridized carbons (Fsp3) is 0.529. The number of nitrogens with one attached hydrogen (secondary N) is 1. The third kappa shape index (κ3) is 5.63. The Kier molecular flexibility index (Phi) is 6.10. The van der Waals surface area contributed by atoms with Crippen LogP contribution < -0.4 is 5.32 Å². The highest BCUT2D eigenvalue weighted by Crippen LogP contribution is 2.26. The number of rotatable bonds is 8. The molecule has 1 amide bonds. The van der Waals surface area contributed by atoms with E-state index in [2.05, 4.69) is 5.32 Å². The summed E-state index contributed by atoms with van der Waals surface area (Å²) in [5, 5.41) is 2.88. The summed E-state index contributed by atoms with van der Waals surface area (Å²) < 4.78 is 17.9. The van der Waals surface area contributed by atoms with Crippen molar-refractivity contribution in [1.29, 1.82) is 0 Å². The molecule has 2 rings (SSSR count). The van der Waals surface area contributed by atoms with Crippen LogP contribution in [-0.2, 0) is 14.3 Å². The Morgan fingerprint density at radius 1 is 1.30 bits per heavy atom. The summed E-state index contributed by atoms with van der Waals surface area (Å²) in [4.78, 5) is 25.7. The molecule has 1 aromatic rings. The van der Waals surface area contributed by atoms with Gasteiger partial charge < -0.3 is 10.1 Å². The van der Waals surface area contributed by atoms with Crippen LogP contribution in [0.5, 0.6) is 0 Å². The lowest BCUT2D eigenvalue weighted by Gasteiger charge is -2.22. The Hall–Kier alpha value is -1.95. The van der Waals surface area contributed by atoms with E-state index in [9.17, 15) is 14.0 Å². The zero-order valence-corrected chi connectivity index (χ0v) is 13.5. The Morgan fingerprint density at radius 3 is 2.52 bits per heavy atom. The predicted molar refractivity (Wildman–Crippen MR) is 84.2 cm³/mol. The van der Waals surface area contributed by atoms with Crippen LogP contribution in [0.3, 0.4) is 0 Å². The van der Waals surface area contributed by atoms with Gasteiger partial charge in [0, 0.05) is 6.04 Å².